The molecule has 1 rings (SSSR count). The van der Waals surface area contributed by atoms with E-state index in [1.807, 2.05) is 0 Å². The van der Waals surface area contributed by atoms with Gasteiger partial charge in [-0.15, -0.1) is 0 Å². The summed E-state index contributed by atoms with van der Waals surface area (Å²) in [6.45, 7) is 8.06. The van der Waals surface area contributed by atoms with Crippen LogP contribution >= 0.6 is 11.8 Å². The van der Waals surface area contributed by atoms with Crippen molar-refractivity contribution in [2.24, 2.45) is 11.8 Å². The molecule has 1 nitrogen and oxygen atoms in total. The predicted molar refractivity (Wildman–Crippen MR) is 80.8 cm³/mol. The molecule has 1 aliphatic heterocycles. The summed E-state index contributed by atoms with van der Waals surface area (Å²) in [5, 5.41) is 3.72. The van der Waals surface area contributed by atoms with Crippen molar-refractivity contribution in [2.75, 3.05) is 18.1 Å². The first-order valence-electron chi connectivity index (χ1n) is 7.61. The Labute approximate surface area is 113 Å². The van der Waals surface area contributed by atoms with Gasteiger partial charge in [-0.3, -0.25) is 0 Å². The van der Waals surface area contributed by atoms with Crippen molar-refractivity contribution < 1.29 is 0 Å². The molecule has 0 saturated carbocycles. The molecule has 17 heavy (non-hydrogen) atoms. The minimum Gasteiger partial charge on any atom is -0.314 e. The lowest BCUT2D eigenvalue weighted by molar-refractivity contribution is 0.305. The second-order valence-electron chi connectivity index (χ2n) is 5.46. The first-order valence-corrected chi connectivity index (χ1v) is 8.76. The van der Waals surface area contributed by atoms with E-state index in [2.05, 4.69) is 37.8 Å². The highest BCUT2D eigenvalue weighted by Crippen LogP contribution is 2.28. The first kappa shape index (κ1) is 15.4. The molecule has 1 heterocycles. The first-order chi connectivity index (χ1) is 8.30. The van der Waals surface area contributed by atoms with Crippen molar-refractivity contribution in [3.8, 4) is 0 Å². The summed E-state index contributed by atoms with van der Waals surface area (Å²) in [5.41, 5.74) is 0. The highest BCUT2D eigenvalue weighted by atomic mass is 32.2. The summed E-state index contributed by atoms with van der Waals surface area (Å²) in [6, 6.07) is 0.776. The largest absolute Gasteiger partial charge is 0.314 e. The van der Waals surface area contributed by atoms with Crippen molar-refractivity contribution in [1.29, 1.82) is 0 Å². The Morgan fingerprint density at radius 1 is 1.12 bits per heavy atom. The average molecular weight is 257 g/mol. The molecule has 1 N–H and O–H groups in total. The van der Waals surface area contributed by atoms with Gasteiger partial charge in [0, 0.05) is 6.04 Å². The third kappa shape index (κ3) is 6.15. The van der Waals surface area contributed by atoms with Crippen LogP contribution < -0.4 is 5.32 Å². The van der Waals surface area contributed by atoms with Gasteiger partial charge in [-0.05, 0) is 55.6 Å². The molecule has 1 aliphatic rings. The fraction of sp³-hybridized carbons (Fsp3) is 1.00. The quantitative estimate of drug-likeness (QED) is 0.695. The summed E-state index contributed by atoms with van der Waals surface area (Å²) >= 11 is 2.14. The monoisotopic (exact) mass is 257 g/mol. The minimum atomic E-state index is 0.776. The Kier molecular flexibility index (Phi) is 8.38. The Balaban J connectivity index is 2.35. The standard InChI is InChI=1S/C15H31NS/c1-4-13(5-2)11-15(16-6-3)12-14-7-9-17-10-8-14/h13-16H,4-12H2,1-3H3. The fourth-order valence-electron chi connectivity index (χ4n) is 2.96. The molecule has 102 valence electrons. The molecular formula is C15H31NS. The van der Waals surface area contributed by atoms with Gasteiger partial charge in [0.25, 0.3) is 0 Å². The Hall–Kier alpha value is 0.310. The second-order valence-corrected chi connectivity index (χ2v) is 6.69. The molecule has 0 aromatic carbocycles. The van der Waals surface area contributed by atoms with Gasteiger partial charge in [-0.2, -0.15) is 11.8 Å². The van der Waals surface area contributed by atoms with Crippen LogP contribution in [0, 0.1) is 11.8 Å². The lowest BCUT2D eigenvalue weighted by atomic mass is 9.87. The lowest BCUT2D eigenvalue weighted by Gasteiger charge is -2.29. The van der Waals surface area contributed by atoms with E-state index >= 15 is 0 Å². The van der Waals surface area contributed by atoms with Crippen LogP contribution in [0.1, 0.15) is 59.3 Å². The SMILES string of the molecule is CCNC(CC(CC)CC)CC1CCSCC1. The zero-order valence-electron chi connectivity index (χ0n) is 12.0. The highest BCUT2D eigenvalue weighted by molar-refractivity contribution is 7.99. The molecule has 1 unspecified atom stereocenters. The number of hydrogen-bond donors (Lipinski definition) is 1. The maximum absolute atomic E-state index is 3.72. The van der Waals surface area contributed by atoms with Gasteiger partial charge in [0.15, 0.2) is 0 Å². The van der Waals surface area contributed by atoms with Crippen LogP contribution in [0.4, 0.5) is 0 Å². The molecule has 1 atom stereocenters. The van der Waals surface area contributed by atoms with E-state index in [0.29, 0.717) is 0 Å². The van der Waals surface area contributed by atoms with Gasteiger partial charge in [0.1, 0.15) is 0 Å². The molecule has 0 radical (unpaired) electrons. The average Bonchev–Trinajstić information content (AvgIpc) is 2.37. The van der Waals surface area contributed by atoms with Gasteiger partial charge in [0.05, 0.1) is 0 Å². The van der Waals surface area contributed by atoms with Crippen molar-refractivity contribution >= 4 is 11.8 Å². The number of hydrogen-bond acceptors (Lipinski definition) is 2. The summed E-state index contributed by atoms with van der Waals surface area (Å²) in [6.07, 6.45) is 8.41. The van der Waals surface area contributed by atoms with E-state index in [1.165, 1.54) is 50.0 Å². The van der Waals surface area contributed by atoms with Crippen molar-refractivity contribution in [2.45, 2.75) is 65.3 Å². The van der Waals surface area contributed by atoms with Gasteiger partial charge in [-0.1, -0.05) is 33.6 Å². The number of nitrogens with one attached hydrogen (secondary N) is 1. The highest BCUT2D eigenvalue weighted by Gasteiger charge is 2.20. The van der Waals surface area contributed by atoms with Crippen LogP contribution in [-0.4, -0.2) is 24.1 Å². The van der Waals surface area contributed by atoms with Crippen LogP contribution in [0.25, 0.3) is 0 Å². The van der Waals surface area contributed by atoms with Gasteiger partial charge < -0.3 is 5.32 Å². The molecule has 1 fully saturated rings. The van der Waals surface area contributed by atoms with Crippen molar-refractivity contribution in [3.05, 3.63) is 0 Å². The summed E-state index contributed by atoms with van der Waals surface area (Å²) in [4.78, 5) is 0. The third-order valence-electron chi connectivity index (χ3n) is 4.22. The van der Waals surface area contributed by atoms with E-state index in [4.69, 9.17) is 0 Å². The van der Waals surface area contributed by atoms with E-state index in [9.17, 15) is 0 Å². The molecule has 2 heteroatoms. The van der Waals surface area contributed by atoms with Gasteiger partial charge >= 0.3 is 0 Å². The van der Waals surface area contributed by atoms with Gasteiger partial charge in [-0.25, -0.2) is 0 Å². The second kappa shape index (κ2) is 9.27. The van der Waals surface area contributed by atoms with Crippen LogP contribution in [0.2, 0.25) is 0 Å². The molecule has 0 aromatic heterocycles. The molecule has 1 saturated heterocycles. The number of rotatable bonds is 8. The molecule has 0 aromatic rings. The molecule has 0 aliphatic carbocycles. The Morgan fingerprint density at radius 2 is 1.76 bits per heavy atom. The maximum atomic E-state index is 3.72. The Bertz CT molecular complexity index is 174. The van der Waals surface area contributed by atoms with Crippen LogP contribution in [0.5, 0.6) is 0 Å². The Morgan fingerprint density at radius 3 is 2.29 bits per heavy atom. The molecule has 0 bridgehead atoms. The molecule has 0 spiro atoms. The summed E-state index contributed by atoms with van der Waals surface area (Å²) in [5.74, 6) is 4.72. The summed E-state index contributed by atoms with van der Waals surface area (Å²) < 4.78 is 0. The smallest absolute Gasteiger partial charge is 0.00722 e. The van der Waals surface area contributed by atoms with Crippen molar-refractivity contribution in [1.82, 2.24) is 5.32 Å². The number of thioether (sulfide) groups is 1. The zero-order chi connectivity index (χ0) is 12.5. The molecule has 0 amide bonds. The predicted octanol–water partition coefficient (Wildman–Crippen LogP) is 4.32. The zero-order valence-corrected chi connectivity index (χ0v) is 12.8. The third-order valence-corrected chi connectivity index (χ3v) is 5.27. The van der Waals surface area contributed by atoms with E-state index in [0.717, 1.165) is 24.4 Å². The van der Waals surface area contributed by atoms with E-state index in [-0.39, 0.29) is 0 Å². The lowest BCUT2D eigenvalue weighted by Crippen LogP contribution is -2.33. The van der Waals surface area contributed by atoms with Crippen LogP contribution in [-0.2, 0) is 0 Å². The fourth-order valence-corrected chi connectivity index (χ4v) is 4.16. The topological polar surface area (TPSA) is 12.0 Å². The normalized spacial score (nSPS) is 19.8. The minimum absolute atomic E-state index is 0.776. The molecular weight excluding hydrogens is 226 g/mol. The maximum Gasteiger partial charge on any atom is 0.00722 e. The van der Waals surface area contributed by atoms with E-state index in [1.54, 1.807) is 0 Å². The summed E-state index contributed by atoms with van der Waals surface area (Å²) in [7, 11) is 0. The van der Waals surface area contributed by atoms with Crippen molar-refractivity contribution in [3.63, 3.8) is 0 Å². The van der Waals surface area contributed by atoms with E-state index < -0.39 is 0 Å². The van der Waals surface area contributed by atoms with Gasteiger partial charge in [0.2, 0.25) is 0 Å². The van der Waals surface area contributed by atoms with Crippen LogP contribution in [0.3, 0.4) is 0 Å². The van der Waals surface area contributed by atoms with Crippen LogP contribution in [0.15, 0.2) is 0 Å².